The van der Waals surface area contributed by atoms with Gasteiger partial charge in [0.05, 0.1) is 5.75 Å². The number of ketones is 1. The molecule has 1 aromatic heterocycles. The van der Waals surface area contributed by atoms with Crippen LogP contribution in [0.4, 0.5) is 0 Å². The topological polar surface area (TPSA) is 65.2 Å². The van der Waals surface area contributed by atoms with Crippen LogP contribution in [-0.4, -0.2) is 27.4 Å². The minimum absolute atomic E-state index is 0.157. The summed E-state index contributed by atoms with van der Waals surface area (Å²) in [6, 6.07) is 9.43. The van der Waals surface area contributed by atoms with Gasteiger partial charge in [0.25, 0.3) is 0 Å². The lowest BCUT2D eigenvalue weighted by Gasteiger charge is -2.01. The van der Waals surface area contributed by atoms with Crippen LogP contribution >= 0.6 is 11.8 Å². The lowest BCUT2D eigenvalue weighted by Crippen LogP contribution is -2.09. The highest BCUT2D eigenvalue weighted by Crippen LogP contribution is 2.28. The highest BCUT2D eigenvalue weighted by Gasteiger charge is 2.31. The molecular formula is C13H12N2O3S. The summed E-state index contributed by atoms with van der Waals surface area (Å²) in [5, 5.41) is 3.84. The molecule has 3 rings (SSSR count). The summed E-state index contributed by atoms with van der Waals surface area (Å²) >= 11 is 1.60. The van der Waals surface area contributed by atoms with E-state index in [2.05, 4.69) is 10.1 Å². The van der Waals surface area contributed by atoms with Crippen LogP contribution in [0.5, 0.6) is 5.75 Å². The number of rotatable bonds is 4. The minimum atomic E-state index is -0.247. The van der Waals surface area contributed by atoms with Crippen molar-refractivity contribution in [1.29, 1.82) is 0 Å². The van der Waals surface area contributed by atoms with E-state index in [1.165, 1.54) is 0 Å². The number of carbonyl (C=O) groups is 1. The molecule has 1 aliphatic heterocycles. The molecule has 0 bridgehead atoms. The summed E-state index contributed by atoms with van der Waals surface area (Å²) in [4.78, 5) is 15.8. The van der Waals surface area contributed by atoms with Crippen molar-refractivity contribution in [2.24, 2.45) is 0 Å². The highest BCUT2D eigenvalue weighted by molar-refractivity contribution is 8.00. The average Bonchev–Trinajstić information content (AvgIpc) is 3.06. The molecule has 1 unspecified atom stereocenters. The number of ether oxygens (including phenoxy) is 1. The Morgan fingerprint density at radius 3 is 2.95 bits per heavy atom. The second-order valence-electron chi connectivity index (χ2n) is 4.18. The lowest BCUT2D eigenvalue weighted by molar-refractivity contribution is -0.117. The van der Waals surface area contributed by atoms with Crippen LogP contribution in [-0.2, 0) is 11.4 Å². The number of thioether (sulfide) groups is 1. The summed E-state index contributed by atoms with van der Waals surface area (Å²) in [5.74, 6) is 2.78. The van der Waals surface area contributed by atoms with Crippen molar-refractivity contribution in [3.63, 3.8) is 0 Å². The number of hydrogen-bond acceptors (Lipinski definition) is 6. The van der Waals surface area contributed by atoms with E-state index in [1.54, 1.807) is 11.8 Å². The number of benzene rings is 1. The molecule has 98 valence electrons. The summed E-state index contributed by atoms with van der Waals surface area (Å²) in [5.41, 5.74) is 0. The van der Waals surface area contributed by atoms with E-state index in [4.69, 9.17) is 9.26 Å². The van der Waals surface area contributed by atoms with Crippen LogP contribution in [0.3, 0.4) is 0 Å². The fraction of sp³-hybridized carbons (Fsp3) is 0.308. The van der Waals surface area contributed by atoms with E-state index >= 15 is 0 Å². The van der Waals surface area contributed by atoms with E-state index in [9.17, 15) is 4.79 Å². The molecule has 2 heterocycles. The molecule has 1 aromatic carbocycles. The lowest BCUT2D eigenvalue weighted by atomic mass is 10.1. The maximum atomic E-state index is 11.6. The maximum Gasteiger partial charge on any atom is 0.238 e. The molecule has 2 aromatic rings. The quantitative estimate of drug-likeness (QED) is 0.851. The first-order valence-electron chi connectivity index (χ1n) is 5.94. The third-order valence-corrected chi connectivity index (χ3v) is 3.87. The van der Waals surface area contributed by atoms with Gasteiger partial charge in [0.15, 0.2) is 12.4 Å². The molecule has 0 aliphatic carbocycles. The van der Waals surface area contributed by atoms with Gasteiger partial charge >= 0.3 is 0 Å². The normalized spacial score (nSPS) is 18.7. The molecule has 19 heavy (non-hydrogen) atoms. The summed E-state index contributed by atoms with van der Waals surface area (Å²) < 4.78 is 10.7. The van der Waals surface area contributed by atoms with E-state index in [0.717, 1.165) is 11.5 Å². The largest absolute Gasteiger partial charge is 0.485 e. The third kappa shape index (κ3) is 2.78. The Morgan fingerprint density at radius 2 is 2.21 bits per heavy atom. The third-order valence-electron chi connectivity index (χ3n) is 2.81. The van der Waals surface area contributed by atoms with Gasteiger partial charge in [-0.15, -0.1) is 0 Å². The Kier molecular flexibility index (Phi) is 3.50. The monoisotopic (exact) mass is 276 g/mol. The molecule has 1 aliphatic rings. The van der Waals surface area contributed by atoms with Crippen LogP contribution in [0.25, 0.3) is 0 Å². The molecule has 0 N–H and O–H groups in total. The summed E-state index contributed by atoms with van der Waals surface area (Å²) in [7, 11) is 0. The van der Waals surface area contributed by atoms with Crippen molar-refractivity contribution in [1.82, 2.24) is 10.1 Å². The Hall–Kier alpha value is -1.82. The highest BCUT2D eigenvalue weighted by atomic mass is 32.2. The Morgan fingerprint density at radius 1 is 1.37 bits per heavy atom. The van der Waals surface area contributed by atoms with Gasteiger partial charge in [-0.2, -0.15) is 16.7 Å². The van der Waals surface area contributed by atoms with E-state index in [1.807, 2.05) is 30.3 Å². The van der Waals surface area contributed by atoms with Crippen LogP contribution in [0.2, 0.25) is 0 Å². The fourth-order valence-corrected chi connectivity index (χ4v) is 2.90. The van der Waals surface area contributed by atoms with E-state index in [0.29, 0.717) is 17.5 Å². The summed E-state index contributed by atoms with van der Waals surface area (Å²) in [6.45, 7) is 0.238. The molecule has 0 radical (unpaired) electrons. The average molecular weight is 276 g/mol. The van der Waals surface area contributed by atoms with Crippen molar-refractivity contribution in [2.75, 3.05) is 11.5 Å². The smallest absolute Gasteiger partial charge is 0.238 e. The van der Waals surface area contributed by atoms with Gasteiger partial charge in [-0.3, -0.25) is 4.79 Å². The predicted octanol–water partition coefficient (Wildman–Crippen LogP) is 2.05. The fourth-order valence-electron chi connectivity index (χ4n) is 1.81. The molecular weight excluding hydrogens is 264 g/mol. The maximum absolute atomic E-state index is 11.6. The van der Waals surface area contributed by atoms with E-state index < -0.39 is 0 Å². The molecule has 0 saturated carbocycles. The van der Waals surface area contributed by atoms with Gasteiger partial charge in [0.2, 0.25) is 11.7 Å². The van der Waals surface area contributed by atoms with Crippen LogP contribution < -0.4 is 4.74 Å². The van der Waals surface area contributed by atoms with Gasteiger partial charge in [0, 0.05) is 5.75 Å². The number of aromatic nitrogens is 2. The SMILES string of the molecule is O=C1CSCC1c1nc(COc2ccccc2)no1. The Labute approximate surface area is 114 Å². The number of para-hydroxylation sites is 1. The zero-order chi connectivity index (χ0) is 13.1. The molecule has 1 fully saturated rings. The standard InChI is InChI=1S/C13H12N2O3S/c16-11-8-19-7-10(11)13-14-12(15-18-13)6-17-9-4-2-1-3-5-9/h1-5,10H,6-8H2. The van der Waals surface area contributed by atoms with Gasteiger partial charge in [-0.05, 0) is 12.1 Å². The first-order valence-corrected chi connectivity index (χ1v) is 7.09. The van der Waals surface area contributed by atoms with Crippen molar-refractivity contribution in [2.45, 2.75) is 12.5 Å². The second kappa shape index (κ2) is 5.44. The zero-order valence-electron chi connectivity index (χ0n) is 10.1. The van der Waals surface area contributed by atoms with Crippen LogP contribution in [0.15, 0.2) is 34.9 Å². The predicted molar refractivity (Wildman–Crippen MR) is 70.1 cm³/mol. The minimum Gasteiger partial charge on any atom is -0.485 e. The second-order valence-corrected chi connectivity index (χ2v) is 5.21. The van der Waals surface area contributed by atoms with Crippen molar-refractivity contribution in [3.8, 4) is 5.75 Å². The van der Waals surface area contributed by atoms with Crippen LogP contribution in [0.1, 0.15) is 17.6 Å². The van der Waals surface area contributed by atoms with Crippen LogP contribution in [0, 0.1) is 0 Å². The molecule has 0 amide bonds. The van der Waals surface area contributed by atoms with Gasteiger partial charge < -0.3 is 9.26 Å². The number of nitrogens with zero attached hydrogens (tertiary/aromatic N) is 2. The van der Waals surface area contributed by atoms with Gasteiger partial charge in [-0.25, -0.2) is 0 Å². The number of Topliss-reactive ketones (excluding diaryl/α,β-unsaturated/α-hetero) is 1. The van der Waals surface area contributed by atoms with E-state index in [-0.39, 0.29) is 18.3 Å². The molecule has 1 atom stereocenters. The summed E-state index contributed by atoms with van der Waals surface area (Å²) in [6.07, 6.45) is 0. The molecule has 1 saturated heterocycles. The first-order chi connectivity index (χ1) is 9.33. The Balaban J connectivity index is 1.64. The molecule has 6 heteroatoms. The van der Waals surface area contributed by atoms with Crippen molar-refractivity contribution >= 4 is 17.5 Å². The van der Waals surface area contributed by atoms with Crippen molar-refractivity contribution < 1.29 is 14.1 Å². The van der Waals surface area contributed by atoms with Gasteiger partial charge in [-0.1, -0.05) is 23.4 Å². The van der Waals surface area contributed by atoms with Gasteiger partial charge in [0.1, 0.15) is 11.7 Å². The number of hydrogen-bond donors (Lipinski definition) is 0. The molecule has 5 nitrogen and oxygen atoms in total. The zero-order valence-corrected chi connectivity index (χ0v) is 10.9. The van der Waals surface area contributed by atoms with Crippen molar-refractivity contribution in [3.05, 3.63) is 42.0 Å². The number of carbonyl (C=O) groups excluding carboxylic acids is 1. The Bertz CT molecular complexity index is 570. The molecule has 0 spiro atoms. The first kappa shape index (κ1) is 12.2.